The number of halogens is 1. The topological polar surface area (TPSA) is 68.0 Å². The smallest absolute Gasteiger partial charge is 0.251 e. The van der Waals surface area contributed by atoms with E-state index < -0.39 is 0 Å². The number of nitrogens with one attached hydrogen (secondary N) is 1. The molecule has 31 heavy (non-hydrogen) atoms. The zero-order valence-corrected chi connectivity index (χ0v) is 18.7. The number of benzene rings is 1. The number of aromatic nitrogens is 2. The van der Waals surface area contributed by atoms with Crippen molar-refractivity contribution in [2.75, 3.05) is 5.75 Å². The van der Waals surface area contributed by atoms with E-state index in [0.717, 1.165) is 59.4 Å². The van der Waals surface area contributed by atoms with Gasteiger partial charge in [-0.1, -0.05) is 11.6 Å². The monoisotopic (exact) mass is 453 g/mol. The zero-order chi connectivity index (χ0) is 21.0. The molecule has 5 nitrogen and oxygen atoms in total. The minimum atomic E-state index is 0.0159. The van der Waals surface area contributed by atoms with E-state index in [9.17, 15) is 4.79 Å². The van der Waals surface area contributed by atoms with E-state index >= 15 is 0 Å². The first-order valence-electron chi connectivity index (χ1n) is 11.0. The van der Waals surface area contributed by atoms with Crippen LogP contribution >= 0.6 is 23.4 Å². The number of thioether (sulfide) groups is 1. The van der Waals surface area contributed by atoms with Gasteiger partial charge in [0.05, 0.1) is 5.03 Å². The third-order valence-electron chi connectivity index (χ3n) is 6.93. The number of rotatable bonds is 6. The third kappa shape index (κ3) is 3.96. The Morgan fingerprint density at radius 3 is 2.84 bits per heavy atom. The average Bonchev–Trinajstić information content (AvgIpc) is 3.45. The van der Waals surface area contributed by atoms with E-state index in [1.54, 1.807) is 18.0 Å². The molecule has 1 N–H and O–H groups in total. The summed E-state index contributed by atoms with van der Waals surface area (Å²) >= 11 is 7.81. The van der Waals surface area contributed by atoms with Crippen molar-refractivity contribution in [3.63, 3.8) is 0 Å². The Hall–Kier alpha value is -2.05. The molecule has 0 radical (unpaired) electrons. The van der Waals surface area contributed by atoms with Crippen LogP contribution in [0.4, 0.5) is 0 Å². The summed E-state index contributed by atoms with van der Waals surface area (Å²) in [7, 11) is 0. The normalized spacial score (nSPS) is 27.1. The Kier molecular flexibility index (Phi) is 4.76. The summed E-state index contributed by atoms with van der Waals surface area (Å²) in [5, 5.41) is 4.84. The molecule has 7 heteroatoms. The minimum Gasteiger partial charge on any atom is -0.440 e. The van der Waals surface area contributed by atoms with Crippen molar-refractivity contribution >= 4 is 40.4 Å². The molecule has 3 saturated carbocycles. The molecule has 3 fully saturated rings. The van der Waals surface area contributed by atoms with Crippen molar-refractivity contribution in [2.45, 2.75) is 55.5 Å². The van der Waals surface area contributed by atoms with Crippen molar-refractivity contribution < 1.29 is 9.21 Å². The molecular weight excluding hydrogens is 430 g/mol. The van der Waals surface area contributed by atoms with Crippen molar-refractivity contribution in [1.82, 2.24) is 15.3 Å². The van der Waals surface area contributed by atoms with Crippen molar-refractivity contribution in [2.24, 2.45) is 11.3 Å². The van der Waals surface area contributed by atoms with Crippen LogP contribution in [0.2, 0.25) is 5.02 Å². The molecule has 3 aliphatic rings. The molecule has 0 bridgehead atoms. The van der Waals surface area contributed by atoms with Crippen LogP contribution in [-0.4, -0.2) is 27.7 Å². The largest absolute Gasteiger partial charge is 0.440 e. The summed E-state index contributed by atoms with van der Waals surface area (Å²) in [5.41, 5.74) is 2.68. The summed E-state index contributed by atoms with van der Waals surface area (Å²) < 4.78 is 5.94. The van der Waals surface area contributed by atoms with Gasteiger partial charge in [-0.15, -0.1) is 11.8 Å². The van der Waals surface area contributed by atoms with Gasteiger partial charge >= 0.3 is 0 Å². The number of pyridine rings is 1. The van der Waals surface area contributed by atoms with E-state index in [1.807, 2.05) is 30.3 Å². The van der Waals surface area contributed by atoms with Crippen LogP contribution in [-0.2, 0) is 0 Å². The lowest BCUT2D eigenvalue weighted by molar-refractivity contribution is -0.0253. The summed E-state index contributed by atoms with van der Waals surface area (Å²) in [5.74, 6) is 3.16. The number of hydrogen-bond donors (Lipinski definition) is 1. The Bertz CT molecular complexity index is 1140. The van der Waals surface area contributed by atoms with Crippen LogP contribution in [0.1, 0.15) is 60.7 Å². The molecule has 0 saturated heterocycles. The molecule has 3 aromatic rings. The van der Waals surface area contributed by atoms with Crippen molar-refractivity contribution in [3.05, 3.63) is 53.0 Å². The maximum atomic E-state index is 12.7. The highest BCUT2D eigenvalue weighted by atomic mass is 35.5. The highest BCUT2D eigenvalue weighted by molar-refractivity contribution is 7.99. The fraction of sp³-hybridized carbons (Fsp3) is 0.458. The highest BCUT2D eigenvalue weighted by Gasteiger charge is 2.54. The van der Waals surface area contributed by atoms with Gasteiger partial charge in [-0.05, 0) is 80.2 Å². The van der Waals surface area contributed by atoms with Crippen molar-refractivity contribution in [3.8, 4) is 0 Å². The fourth-order valence-electron chi connectivity index (χ4n) is 5.06. The van der Waals surface area contributed by atoms with Gasteiger partial charge in [-0.2, -0.15) is 0 Å². The van der Waals surface area contributed by atoms with Gasteiger partial charge < -0.3 is 9.73 Å². The van der Waals surface area contributed by atoms with E-state index in [0.29, 0.717) is 21.9 Å². The predicted molar refractivity (Wildman–Crippen MR) is 122 cm³/mol. The Morgan fingerprint density at radius 1 is 1.19 bits per heavy atom. The number of carbonyl (C=O) groups is 1. The Morgan fingerprint density at radius 2 is 2.03 bits per heavy atom. The van der Waals surface area contributed by atoms with Gasteiger partial charge in [0, 0.05) is 34.5 Å². The maximum absolute atomic E-state index is 12.7. The summed E-state index contributed by atoms with van der Waals surface area (Å²) in [4.78, 5) is 21.7. The lowest BCUT2D eigenvalue weighted by atomic mass is 9.50. The fourth-order valence-corrected chi connectivity index (χ4v) is 6.31. The molecule has 1 amide bonds. The van der Waals surface area contributed by atoms with Gasteiger partial charge in [0.15, 0.2) is 11.5 Å². The summed E-state index contributed by atoms with van der Waals surface area (Å²) in [6.45, 7) is 0. The first kappa shape index (κ1) is 19.6. The second-order valence-electron chi connectivity index (χ2n) is 9.49. The van der Waals surface area contributed by atoms with Crippen LogP contribution < -0.4 is 5.32 Å². The Balaban J connectivity index is 1.01. The molecule has 0 unspecified atom stereocenters. The van der Waals surface area contributed by atoms with Gasteiger partial charge in [0.2, 0.25) is 0 Å². The van der Waals surface area contributed by atoms with E-state index in [4.69, 9.17) is 16.0 Å². The van der Waals surface area contributed by atoms with Gasteiger partial charge in [-0.25, -0.2) is 9.97 Å². The standard InChI is InChI=1S/C24H24ClN3O2S/c25-17-3-4-20-19(8-17)28-23(30-20)16-9-24(10-16)11-18(12-24)27-22(29)15-5-6-26-21(7-15)31-13-14-1-2-14/h3-8,14,16,18H,1-2,9-13H2,(H,27,29). The molecule has 0 aliphatic heterocycles. The minimum absolute atomic E-state index is 0.0159. The number of carbonyl (C=O) groups excluding carboxylic acids is 1. The van der Waals surface area contributed by atoms with E-state index in [2.05, 4.69) is 15.3 Å². The lowest BCUT2D eigenvalue weighted by Crippen LogP contribution is -2.55. The van der Waals surface area contributed by atoms with Crippen LogP contribution in [0.15, 0.2) is 46.0 Å². The predicted octanol–water partition coefficient (Wildman–Crippen LogP) is 5.83. The number of hydrogen-bond acceptors (Lipinski definition) is 5. The van der Waals surface area contributed by atoms with Crippen LogP contribution in [0.5, 0.6) is 0 Å². The van der Waals surface area contributed by atoms with Crippen LogP contribution in [0, 0.1) is 11.3 Å². The Labute approximate surface area is 190 Å². The summed E-state index contributed by atoms with van der Waals surface area (Å²) in [6, 6.07) is 9.55. The summed E-state index contributed by atoms with van der Waals surface area (Å²) in [6.07, 6.45) is 8.65. The molecule has 0 atom stereocenters. The number of fused-ring (bicyclic) bond motifs is 1. The van der Waals surface area contributed by atoms with E-state index in [-0.39, 0.29) is 11.9 Å². The SMILES string of the molecule is O=C(NC1CC2(C1)CC(c1nc3cc(Cl)ccc3o1)C2)c1ccnc(SCC2CC2)c1. The maximum Gasteiger partial charge on any atom is 0.251 e. The van der Waals surface area contributed by atoms with Crippen LogP contribution in [0.3, 0.4) is 0 Å². The molecule has 2 aromatic heterocycles. The molecule has 6 rings (SSSR count). The number of amides is 1. The molecule has 2 heterocycles. The highest BCUT2D eigenvalue weighted by Crippen LogP contribution is 2.61. The molecule has 1 spiro atoms. The second-order valence-corrected chi connectivity index (χ2v) is 11.0. The number of nitrogens with zero attached hydrogens (tertiary/aromatic N) is 2. The van der Waals surface area contributed by atoms with Crippen molar-refractivity contribution in [1.29, 1.82) is 0 Å². The van der Waals surface area contributed by atoms with E-state index in [1.165, 1.54) is 12.8 Å². The van der Waals surface area contributed by atoms with Gasteiger partial charge in [-0.3, -0.25) is 4.79 Å². The van der Waals surface area contributed by atoms with Crippen LogP contribution in [0.25, 0.3) is 11.1 Å². The molecular formula is C24H24ClN3O2S. The van der Waals surface area contributed by atoms with Gasteiger partial charge in [0.1, 0.15) is 5.52 Å². The first-order chi connectivity index (χ1) is 15.1. The number of oxazole rings is 1. The lowest BCUT2D eigenvalue weighted by Gasteiger charge is -2.57. The quantitative estimate of drug-likeness (QED) is 0.475. The molecule has 160 valence electrons. The molecule has 1 aromatic carbocycles. The first-order valence-corrected chi connectivity index (χ1v) is 12.4. The molecule has 3 aliphatic carbocycles. The zero-order valence-electron chi connectivity index (χ0n) is 17.1. The van der Waals surface area contributed by atoms with Gasteiger partial charge in [0.25, 0.3) is 5.91 Å². The third-order valence-corrected chi connectivity index (χ3v) is 8.32. The average molecular weight is 454 g/mol. The second kappa shape index (κ2) is 7.52.